The predicted molar refractivity (Wildman–Crippen MR) is 64.6 cm³/mol. The highest BCUT2D eigenvalue weighted by molar-refractivity contribution is 5.74. The number of carboxylic acids is 1. The Labute approximate surface area is 105 Å². The zero-order chi connectivity index (χ0) is 13.9. The molecule has 0 saturated heterocycles. The topological polar surface area (TPSA) is 55.8 Å². The number of rotatable bonds is 5. The van der Waals surface area contributed by atoms with Gasteiger partial charge >= 0.3 is 5.97 Å². The summed E-state index contributed by atoms with van der Waals surface area (Å²) in [4.78, 5) is 11.0. The third-order valence-corrected chi connectivity index (χ3v) is 2.78. The van der Waals surface area contributed by atoms with Gasteiger partial charge in [0.25, 0.3) is 0 Å². The van der Waals surface area contributed by atoms with Gasteiger partial charge in [0, 0.05) is 0 Å². The van der Waals surface area contributed by atoms with Crippen molar-refractivity contribution in [3.05, 3.63) is 23.5 Å². The van der Waals surface area contributed by atoms with Crippen molar-refractivity contribution in [2.45, 2.75) is 20.3 Å². The standard InChI is InChI=1S/C13H17FO4/c1-13(2,12(15)16)7-8-5-6-9(17-3)11(18-4)10(8)14/h5-6H,7H2,1-4H3,(H,15,16). The Hall–Kier alpha value is -1.78. The highest BCUT2D eigenvalue weighted by Crippen LogP contribution is 2.34. The molecule has 0 heterocycles. The lowest BCUT2D eigenvalue weighted by Gasteiger charge is -2.20. The second-order valence-corrected chi connectivity index (χ2v) is 4.64. The molecule has 0 saturated carbocycles. The molecule has 1 N–H and O–H groups in total. The molecular weight excluding hydrogens is 239 g/mol. The number of halogens is 1. The van der Waals surface area contributed by atoms with E-state index in [-0.39, 0.29) is 17.9 Å². The van der Waals surface area contributed by atoms with Gasteiger partial charge in [0.1, 0.15) is 0 Å². The van der Waals surface area contributed by atoms with E-state index < -0.39 is 17.2 Å². The summed E-state index contributed by atoms with van der Waals surface area (Å²) < 4.78 is 24.0. The summed E-state index contributed by atoms with van der Waals surface area (Å²) in [6, 6.07) is 3.08. The number of benzene rings is 1. The van der Waals surface area contributed by atoms with Crippen molar-refractivity contribution in [1.29, 1.82) is 0 Å². The Bertz CT molecular complexity index is 455. The SMILES string of the molecule is COc1ccc(CC(C)(C)C(=O)O)c(F)c1OC. The molecule has 4 nitrogen and oxygen atoms in total. The normalized spacial score (nSPS) is 11.2. The minimum Gasteiger partial charge on any atom is -0.493 e. The molecule has 0 fully saturated rings. The van der Waals surface area contributed by atoms with Crippen LogP contribution in [0.4, 0.5) is 4.39 Å². The molecule has 0 atom stereocenters. The van der Waals surface area contributed by atoms with Crippen LogP contribution in [0.5, 0.6) is 11.5 Å². The predicted octanol–water partition coefficient (Wildman–Crippen LogP) is 2.50. The molecule has 100 valence electrons. The molecule has 18 heavy (non-hydrogen) atoms. The Morgan fingerprint density at radius 2 is 1.94 bits per heavy atom. The van der Waals surface area contributed by atoms with Gasteiger partial charge in [-0.2, -0.15) is 0 Å². The minimum atomic E-state index is -1.04. The Balaban J connectivity index is 3.16. The third kappa shape index (κ3) is 2.72. The number of methoxy groups -OCH3 is 2. The first-order chi connectivity index (χ1) is 8.33. The van der Waals surface area contributed by atoms with E-state index in [0.29, 0.717) is 5.56 Å². The highest BCUT2D eigenvalue weighted by atomic mass is 19.1. The maximum Gasteiger partial charge on any atom is 0.309 e. The van der Waals surface area contributed by atoms with Crippen LogP contribution in [0.1, 0.15) is 19.4 Å². The molecule has 0 aliphatic heterocycles. The lowest BCUT2D eigenvalue weighted by molar-refractivity contribution is -0.146. The van der Waals surface area contributed by atoms with Crippen molar-refractivity contribution in [2.75, 3.05) is 14.2 Å². The maximum atomic E-state index is 14.1. The molecule has 1 rings (SSSR count). The average molecular weight is 256 g/mol. The van der Waals surface area contributed by atoms with E-state index in [9.17, 15) is 9.18 Å². The number of carbonyl (C=O) groups is 1. The van der Waals surface area contributed by atoms with Crippen LogP contribution in [-0.4, -0.2) is 25.3 Å². The number of hydrogen-bond acceptors (Lipinski definition) is 3. The van der Waals surface area contributed by atoms with Crippen LogP contribution in [0.2, 0.25) is 0 Å². The molecule has 1 aromatic rings. The number of carboxylic acid groups (broad SMARTS) is 1. The van der Waals surface area contributed by atoms with Gasteiger partial charge in [-0.3, -0.25) is 4.79 Å². The van der Waals surface area contributed by atoms with Crippen LogP contribution in [-0.2, 0) is 11.2 Å². The number of hydrogen-bond donors (Lipinski definition) is 1. The first-order valence-electron chi connectivity index (χ1n) is 5.46. The van der Waals surface area contributed by atoms with E-state index in [1.165, 1.54) is 20.3 Å². The van der Waals surface area contributed by atoms with E-state index in [1.807, 2.05) is 0 Å². The Kier molecular flexibility index (Phi) is 4.16. The third-order valence-electron chi connectivity index (χ3n) is 2.78. The van der Waals surface area contributed by atoms with Crippen molar-refractivity contribution < 1.29 is 23.8 Å². The second-order valence-electron chi connectivity index (χ2n) is 4.64. The van der Waals surface area contributed by atoms with Crippen molar-refractivity contribution >= 4 is 5.97 Å². The van der Waals surface area contributed by atoms with Gasteiger partial charge in [0.15, 0.2) is 17.3 Å². The van der Waals surface area contributed by atoms with E-state index in [2.05, 4.69) is 0 Å². The van der Waals surface area contributed by atoms with Crippen molar-refractivity contribution in [3.63, 3.8) is 0 Å². The zero-order valence-electron chi connectivity index (χ0n) is 10.9. The second kappa shape index (κ2) is 5.25. The van der Waals surface area contributed by atoms with E-state index in [4.69, 9.17) is 14.6 Å². The molecule has 0 aliphatic carbocycles. The summed E-state index contributed by atoms with van der Waals surface area (Å²) in [5.41, 5.74) is -0.750. The van der Waals surface area contributed by atoms with Crippen LogP contribution in [0.15, 0.2) is 12.1 Å². The highest BCUT2D eigenvalue weighted by Gasteiger charge is 2.29. The Morgan fingerprint density at radius 1 is 1.33 bits per heavy atom. The van der Waals surface area contributed by atoms with Gasteiger partial charge in [-0.25, -0.2) is 4.39 Å². The van der Waals surface area contributed by atoms with Gasteiger partial charge in [0.2, 0.25) is 0 Å². The van der Waals surface area contributed by atoms with E-state index in [0.717, 1.165) is 0 Å². The number of aliphatic carboxylic acids is 1. The Morgan fingerprint density at radius 3 is 2.39 bits per heavy atom. The molecule has 0 bridgehead atoms. The van der Waals surface area contributed by atoms with Crippen LogP contribution in [0.25, 0.3) is 0 Å². The fourth-order valence-electron chi connectivity index (χ4n) is 1.62. The summed E-state index contributed by atoms with van der Waals surface area (Å²) >= 11 is 0. The molecule has 0 aliphatic rings. The fraction of sp³-hybridized carbons (Fsp3) is 0.462. The van der Waals surface area contributed by atoms with Gasteiger partial charge in [-0.1, -0.05) is 6.07 Å². The maximum absolute atomic E-state index is 14.1. The lowest BCUT2D eigenvalue weighted by Crippen LogP contribution is -2.26. The van der Waals surface area contributed by atoms with Crippen LogP contribution < -0.4 is 9.47 Å². The molecule has 5 heteroatoms. The molecule has 0 radical (unpaired) electrons. The van der Waals surface area contributed by atoms with Crippen LogP contribution >= 0.6 is 0 Å². The van der Waals surface area contributed by atoms with E-state index >= 15 is 0 Å². The minimum absolute atomic E-state index is 0.00353. The van der Waals surface area contributed by atoms with Crippen molar-refractivity contribution in [1.82, 2.24) is 0 Å². The van der Waals surface area contributed by atoms with Gasteiger partial charge in [-0.05, 0) is 31.9 Å². The first kappa shape index (κ1) is 14.3. The molecule has 0 spiro atoms. The summed E-state index contributed by atoms with van der Waals surface area (Å²) in [6.45, 7) is 3.09. The van der Waals surface area contributed by atoms with Gasteiger partial charge < -0.3 is 14.6 Å². The summed E-state index contributed by atoms with van der Waals surface area (Å²) in [7, 11) is 2.76. The van der Waals surface area contributed by atoms with E-state index in [1.54, 1.807) is 19.9 Å². The van der Waals surface area contributed by atoms with Gasteiger partial charge in [0.05, 0.1) is 19.6 Å². The monoisotopic (exact) mass is 256 g/mol. The van der Waals surface area contributed by atoms with Crippen molar-refractivity contribution in [3.8, 4) is 11.5 Å². The largest absolute Gasteiger partial charge is 0.493 e. The molecule has 0 amide bonds. The molecule has 0 unspecified atom stereocenters. The lowest BCUT2D eigenvalue weighted by atomic mass is 9.85. The number of ether oxygens (including phenoxy) is 2. The quantitative estimate of drug-likeness (QED) is 0.879. The first-order valence-corrected chi connectivity index (χ1v) is 5.46. The van der Waals surface area contributed by atoms with Crippen molar-refractivity contribution in [2.24, 2.45) is 5.41 Å². The molecule has 1 aromatic carbocycles. The van der Waals surface area contributed by atoms with Crippen LogP contribution in [0, 0.1) is 11.2 Å². The summed E-state index contributed by atoms with van der Waals surface area (Å²) in [5, 5.41) is 9.04. The van der Waals surface area contributed by atoms with Crippen LogP contribution in [0.3, 0.4) is 0 Å². The fourth-order valence-corrected chi connectivity index (χ4v) is 1.62. The smallest absolute Gasteiger partial charge is 0.309 e. The zero-order valence-corrected chi connectivity index (χ0v) is 10.9. The summed E-state index contributed by atoms with van der Waals surface area (Å²) in [5.74, 6) is -1.27. The molecular formula is C13H17FO4. The summed E-state index contributed by atoms with van der Waals surface area (Å²) in [6.07, 6.45) is 0.0779. The molecule has 0 aromatic heterocycles. The average Bonchev–Trinajstić information content (AvgIpc) is 2.31. The van der Waals surface area contributed by atoms with Gasteiger partial charge in [-0.15, -0.1) is 0 Å².